The van der Waals surface area contributed by atoms with E-state index in [1.165, 1.54) is 12.8 Å². The molecule has 0 aliphatic carbocycles. The number of rotatable bonds is 4. The van der Waals surface area contributed by atoms with Crippen molar-refractivity contribution in [3.8, 4) is 0 Å². The van der Waals surface area contributed by atoms with Gasteiger partial charge in [-0.25, -0.2) is 0 Å². The van der Waals surface area contributed by atoms with E-state index in [1.54, 1.807) is 4.90 Å². The molecule has 3 aliphatic heterocycles. The molecule has 3 unspecified atom stereocenters. The lowest BCUT2D eigenvalue weighted by Gasteiger charge is -2.38. The standard InChI is InChI=1S/C21H28N4O3/c1-13(22)17-4-2-3-9-24(17)11-14-5-6-15-12-25(21(28)16(15)10-14)18-7-8-19(26)23-20(18)27/h5-6,10,13,17-18H,2-4,7-9,11-12,22H2,1H3,(H,23,26,27). The number of piperidine rings is 2. The second kappa shape index (κ2) is 7.64. The summed E-state index contributed by atoms with van der Waals surface area (Å²) in [6, 6.07) is 5.98. The Hall–Kier alpha value is -2.25. The fraction of sp³-hybridized carbons (Fsp3) is 0.571. The van der Waals surface area contributed by atoms with Gasteiger partial charge in [0.25, 0.3) is 5.91 Å². The fourth-order valence-electron chi connectivity index (χ4n) is 4.74. The average molecular weight is 384 g/mol. The third-order valence-corrected chi connectivity index (χ3v) is 6.25. The highest BCUT2D eigenvalue weighted by Gasteiger charge is 2.39. The Kier molecular flexibility index (Phi) is 5.21. The highest BCUT2D eigenvalue weighted by Crippen LogP contribution is 2.29. The molecule has 0 aromatic heterocycles. The molecule has 7 nitrogen and oxygen atoms in total. The van der Waals surface area contributed by atoms with Crippen LogP contribution < -0.4 is 11.1 Å². The molecule has 2 fully saturated rings. The molecule has 2 saturated heterocycles. The summed E-state index contributed by atoms with van der Waals surface area (Å²) >= 11 is 0. The van der Waals surface area contributed by atoms with Crippen molar-refractivity contribution in [3.63, 3.8) is 0 Å². The lowest BCUT2D eigenvalue weighted by atomic mass is 9.96. The number of likely N-dealkylation sites (tertiary alicyclic amines) is 1. The van der Waals surface area contributed by atoms with Crippen molar-refractivity contribution < 1.29 is 14.4 Å². The molecule has 1 aromatic carbocycles. The summed E-state index contributed by atoms with van der Waals surface area (Å²) in [5.41, 5.74) is 8.91. The molecule has 0 spiro atoms. The van der Waals surface area contributed by atoms with Crippen molar-refractivity contribution >= 4 is 17.7 Å². The lowest BCUT2D eigenvalue weighted by molar-refractivity contribution is -0.136. The van der Waals surface area contributed by atoms with Crippen LogP contribution in [-0.4, -0.2) is 52.2 Å². The summed E-state index contributed by atoms with van der Waals surface area (Å²) in [4.78, 5) is 40.6. The Morgan fingerprint density at radius 1 is 1.21 bits per heavy atom. The molecule has 0 bridgehead atoms. The number of fused-ring (bicyclic) bond motifs is 1. The Labute approximate surface area is 165 Å². The van der Waals surface area contributed by atoms with E-state index in [9.17, 15) is 14.4 Å². The predicted octanol–water partition coefficient (Wildman–Crippen LogP) is 1.15. The maximum absolute atomic E-state index is 13.0. The maximum atomic E-state index is 13.0. The highest BCUT2D eigenvalue weighted by atomic mass is 16.2. The van der Waals surface area contributed by atoms with Crippen LogP contribution in [0.5, 0.6) is 0 Å². The van der Waals surface area contributed by atoms with Gasteiger partial charge in [0.1, 0.15) is 6.04 Å². The first-order valence-corrected chi connectivity index (χ1v) is 10.2. The number of benzene rings is 1. The summed E-state index contributed by atoms with van der Waals surface area (Å²) in [5.74, 6) is -0.752. The molecule has 4 rings (SSSR count). The molecule has 150 valence electrons. The molecule has 3 atom stereocenters. The quantitative estimate of drug-likeness (QED) is 0.759. The van der Waals surface area contributed by atoms with Crippen molar-refractivity contribution in [3.05, 3.63) is 34.9 Å². The summed E-state index contributed by atoms with van der Waals surface area (Å²) in [6.07, 6.45) is 4.17. The van der Waals surface area contributed by atoms with Crippen LogP contribution in [0.25, 0.3) is 0 Å². The van der Waals surface area contributed by atoms with Crippen LogP contribution >= 0.6 is 0 Å². The number of nitrogens with zero attached hydrogens (tertiary/aromatic N) is 2. The Balaban J connectivity index is 1.50. The number of carbonyl (C=O) groups is 3. The minimum atomic E-state index is -0.564. The number of imide groups is 1. The summed E-state index contributed by atoms with van der Waals surface area (Å²) < 4.78 is 0. The topological polar surface area (TPSA) is 95.7 Å². The molecule has 0 radical (unpaired) electrons. The van der Waals surface area contributed by atoms with E-state index in [0.717, 1.165) is 30.6 Å². The van der Waals surface area contributed by atoms with Gasteiger partial charge in [-0.2, -0.15) is 0 Å². The first-order chi connectivity index (χ1) is 13.4. The summed E-state index contributed by atoms with van der Waals surface area (Å²) in [7, 11) is 0. The van der Waals surface area contributed by atoms with Crippen LogP contribution in [0.3, 0.4) is 0 Å². The summed E-state index contributed by atoms with van der Waals surface area (Å²) in [5, 5.41) is 2.34. The van der Waals surface area contributed by atoms with Gasteiger partial charge in [0.15, 0.2) is 0 Å². The van der Waals surface area contributed by atoms with E-state index in [4.69, 9.17) is 5.73 Å². The van der Waals surface area contributed by atoms with Crippen molar-refractivity contribution in [2.75, 3.05) is 6.54 Å². The summed E-state index contributed by atoms with van der Waals surface area (Å²) in [6.45, 7) is 4.30. The highest BCUT2D eigenvalue weighted by molar-refractivity contribution is 6.05. The van der Waals surface area contributed by atoms with E-state index in [2.05, 4.69) is 23.2 Å². The SMILES string of the molecule is CC(N)C1CCCCN1Cc1ccc2c(c1)C(=O)N(C1CCC(=O)NC1=O)C2. The number of nitrogens with two attached hydrogens (primary N) is 1. The van der Waals surface area contributed by atoms with Crippen LogP contribution in [0.1, 0.15) is 60.5 Å². The maximum Gasteiger partial charge on any atom is 0.255 e. The number of nitrogens with one attached hydrogen (secondary N) is 1. The van der Waals surface area contributed by atoms with Gasteiger partial charge in [-0.15, -0.1) is 0 Å². The lowest BCUT2D eigenvalue weighted by Crippen LogP contribution is -2.52. The van der Waals surface area contributed by atoms with Gasteiger partial charge in [0.2, 0.25) is 11.8 Å². The second-order valence-electron chi connectivity index (χ2n) is 8.28. The van der Waals surface area contributed by atoms with Gasteiger partial charge in [0, 0.05) is 37.2 Å². The normalized spacial score (nSPS) is 26.9. The van der Waals surface area contributed by atoms with Crippen molar-refractivity contribution in [1.82, 2.24) is 15.1 Å². The van der Waals surface area contributed by atoms with Crippen LogP contribution in [0.2, 0.25) is 0 Å². The van der Waals surface area contributed by atoms with Gasteiger partial charge in [-0.05, 0) is 49.9 Å². The Bertz CT molecular complexity index is 807. The van der Waals surface area contributed by atoms with Gasteiger partial charge < -0.3 is 10.6 Å². The molecule has 3 aliphatic rings. The molecule has 0 saturated carbocycles. The van der Waals surface area contributed by atoms with E-state index < -0.39 is 6.04 Å². The number of hydrogen-bond donors (Lipinski definition) is 2. The van der Waals surface area contributed by atoms with E-state index >= 15 is 0 Å². The Morgan fingerprint density at radius 2 is 2.04 bits per heavy atom. The monoisotopic (exact) mass is 384 g/mol. The third-order valence-electron chi connectivity index (χ3n) is 6.25. The number of amides is 3. The molecule has 3 N–H and O–H groups in total. The molecule has 3 heterocycles. The minimum Gasteiger partial charge on any atom is -0.327 e. The van der Waals surface area contributed by atoms with Crippen LogP contribution in [0.4, 0.5) is 0 Å². The first-order valence-electron chi connectivity index (χ1n) is 10.2. The molecule has 1 aromatic rings. The van der Waals surface area contributed by atoms with E-state index in [-0.39, 0.29) is 30.2 Å². The van der Waals surface area contributed by atoms with Gasteiger partial charge in [-0.1, -0.05) is 18.6 Å². The van der Waals surface area contributed by atoms with Crippen LogP contribution in [0, 0.1) is 0 Å². The van der Waals surface area contributed by atoms with Gasteiger partial charge in [0.05, 0.1) is 0 Å². The van der Waals surface area contributed by atoms with E-state index in [1.807, 2.05) is 12.1 Å². The zero-order valence-corrected chi connectivity index (χ0v) is 16.3. The molecule has 7 heteroatoms. The predicted molar refractivity (Wildman–Crippen MR) is 104 cm³/mol. The zero-order valence-electron chi connectivity index (χ0n) is 16.3. The molecule has 28 heavy (non-hydrogen) atoms. The smallest absolute Gasteiger partial charge is 0.255 e. The average Bonchev–Trinajstić information content (AvgIpc) is 2.98. The fourth-order valence-corrected chi connectivity index (χ4v) is 4.74. The van der Waals surface area contributed by atoms with Crippen LogP contribution in [0.15, 0.2) is 18.2 Å². The van der Waals surface area contributed by atoms with E-state index in [0.29, 0.717) is 24.6 Å². The number of carbonyl (C=O) groups excluding carboxylic acids is 3. The second-order valence-corrected chi connectivity index (χ2v) is 8.28. The molecular formula is C21H28N4O3. The molecular weight excluding hydrogens is 356 g/mol. The minimum absolute atomic E-state index is 0.117. The van der Waals surface area contributed by atoms with Crippen molar-refractivity contribution in [2.24, 2.45) is 5.73 Å². The molecule has 3 amide bonds. The number of hydrogen-bond acceptors (Lipinski definition) is 5. The van der Waals surface area contributed by atoms with Crippen molar-refractivity contribution in [1.29, 1.82) is 0 Å². The Morgan fingerprint density at radius 3 is 2.79 bits per heavy atom. The first kappa shape index (κ1) is 19.1. The zero-order chi connectivity index (χ0) is 19.8. The third kappa shape index (κ3) is 3.56. The van der Waals surface area contributed by atoms with Gasteiger partial charge in [-0.3, -0.25) is 24.6 Å². The van der Waals surface area contributed by atoms with Crippen LogP contribution in [-0.2, 0) is 22.7 Å². The van der Waals surface area contributed by atoms with Crippen molar-refractivity contribution in [2.45, 2.75) is 70.2 Å². The largest absolute Gasteiger partial charge is 0.327 e. The van der Waals surface area contributed by atoms with Gasteiger partial charge >= 0.3 is 0 Å².